The van der Waals surface area contributed by atoms with Crippen LogP contribution in [0.4, 0.5) is 0 Å². The van der Waals surface area contributed by atoms with Gasteiger partial charge in [-0.1, -0.05) is 0 Å². The fourth-order valence-electron chi connectivity index (χ4n) is 1.85. The van der Waals surface area contributed by atoms with Crippen LogP contribution in [0.2, 0.25) is 0 Å². The van der Waals surface area contributed by atoms with Gasteiger partial charge < -0.3 is 10.1 Å². The Morgan fingerprint density at radius 3 is 2.93 bits per heavy atom. The summed E-state index contributed by atoms with van der Waals surface area (Å²) in [5.41, 5.74) is 0. The zero-order chi connectivity index (χ0) is 10.0. The summed E-state index contributed by atoms with van der Waals surface area (Å²) in [5.74, 6) is 0.446. The summed E-state index contributed by atoms with van der Waals surface area (Å²) in [7, 11) is -2.86. The summed E-state index contributed by atoms with van der Waals surface area (Å²) in [5, 5.41) is 7.56. The molecule has 0 amide bonds. The van der Waals surface area contributed by atoms with E-state index in [0.717, 1.165) is 0 Å². The first-order valence-corrected chi connectivity index (χ1v) is 6.68. The molecule has 6 heteroatoms. The van der Waals surface area contributed by atoms with Gasteiger partial charge >= 0.3 is 0 Å². The first-order valence-electron chi connectivity index (χ1n) is 4.85. The predicted octanol–water partition coefficient (Wildman–Crippen LogP) is -1.62. The monoisotopic (exact) mass is 219 g/mol. The summed E-state index contributed by atoms with van der Waals surface area (Å²) in [6.07, 6.45) is 0. The minimum atomic E-state index is -2.86. The molecule has 0 spiro atoms. The zero-order valence-electron chi connectivity index (χ0n) is 7.98. The van der Waals surface area contributed by atoms with Crippen molar-refractivity contribution in [3.8, 4) is 0 Å². The highest BCUT2D eigenvalue weighted by atomic mass is 32.2. The Kier molecular flexibility index (Phi) is 3.06. The van der Waals surface area contributed by atoms with Crippen LogP contribution in [0.25, 0.3) is 0 Å². The molecular formula is C8H15N2O3S. The van der Waals surface area contributed by atoms with Gasteiger partial charge in [-0.15, -0.1) is 0 Å². The minimum absolute atomic E-state index is 0.0128. The molecule has 2 unspecified atom stereocenters. The van der Waals surface area contributed by atoms with Gasteiger partial charge in [-0.05, 0) is 0 Å². The van der Waals surface area contributed by atoms with Gasteiger partial charge in [0.15, 0.2) is 9.84 Å². The molecule has 5 nitrogen and oxygen atoms in total. The van der Waals surface area contributed by atoms with Gasteiger partial charge in [0.1, 0.15) is 0 Å². The first kappa shape index (κ1) is 10.4. The molecule has 0 saturated carbocycles. The number of sulfone groups is 1. The quantitative estimate of drug-likeness (QED) is 0.575. The molecule has 2 aliphatic heterocycles. The average molecular weight is 219 g/mol. The van der Waals surface area contributed by atoms with Crippen molar-refractivity contribution >= 4 is 9.84 Å². The van der Waals surface area contributed by atoms with Crippen LogP contribution in [0.1, 0.15) is 0 Å². The maximum Gasteiger partial charge on any atom is 0.153 e. The van der Waals surface area contributed by atoms with Gasteiger partial charge in [0, 0.05) is 19.1 Å². The standard InChI is InChI=1S/C8H15N2O3S/c11-14(12)4-2-10-8(6-14)7-5-13-3-1-9-7/h7-8,10H,1-6H2. The van der Waals surface area contributed by atoms with Crippen molar-refractivity contribution in [3.05, 3.63) is 0 Å². The number of hydrogen-bond donors (Lipinski definition) is 1. The second kappa shape index (κ2) is 4.14. The van der Waals surface area contributed by atoms with Crippen molar-refractivity contribution in [1.82, 2.24) is 10.6 Å². The van der Waals surface area contributed by atoms with E-state index in [4.69, 9.17) is 4.74 Å². The predicted molar refractivity (Wildman–Crippen MR) is 52.1 cm³/mol. The lowest BCUT2D eigenvalue weighted by molar-refractivity contribution is 0.0637. The van der Waals surface area contributed by atoms with E-state index in [0.29, 0.717) is 26.3 Å². The Balaban J connectivity index is 1.96. The van der Waals surface area contributed by atoms with Gasteiger partial charge in [0.25, 0.3) is 0 Å². The van der Waals surface area contributed by atoms with Crippen LogP contribution >= 0.6 is 0 Å². The fraction of sp³-hybridized carbons (Fsp3) is 1.00. The maximum atomic E-state index is 11.4. The third-order valence-corrected chi connectivity index (χ3v) is 4.30. The smallest absolute Gasteiger partial charge is 0.153 e. The largest absolute Gasteiger partial charge is 0.378 e. The summed E-state index contributed by atoms with van der Waals surface area (Å²) in [4.78, 5) is 0. The Labute approximate surface area is 84.1 Å². The lowest BCUT2D eigenvalue weighted by Gasteiger charge is -2.32. The van der Waals surface area contributed by atoms with Crippen LogP contribution in [-0.4, -0.2) is 58.3 Å². The Hall–Kier alpha value is -0.170. The number of nitrogens with zero attached hydrogens (tertiary/aromatic N) is 1. The molecule has 0 aromatic heterocycles. The number of morpholine rings is 1. The van der Waals surface area contributed by atoms with Gasteiger partial charge in [0.2, 0.25) is 0 Å². The minimum Gasteiger partial charge on any atom is -0.378 e. The second-order valence-electron chi connectivity index (χ2n) is 3.72. The van der Waals surface area contributed by atoms with Crippen LogP contribution in [0.5, 0.6) is 0 Å². The summed E-state index contributed by atoms with van der Waals surface area (Å²) in [6.45, 7) is 2.44. The van der Waals surface area contributed by atoms with E-state index in [-0.39, 0.29) is 23.6 Å². The van der Waals surface area contributed by atoms with E-state index in [1.54, 1.807) is 0 Å². The lowest BCUT2D eigenvalue weighted by atomic mass is 10.1. The zero-order valence-corrected chi connectivity index (χ0v) is 8.79. The van der Waals surface area contributed by atoms with Crippen LogP contribution in [-0.2, 0) is 14.6 Å². The molecule has 0 aromatic carbocycles. The maximum absolute atomic E-state index is 11.4. The highest BCUT2D eigenvalue weighted by molar-refractivity contribution is 7.91. The van der Waals surface area contributed by atoms with Crippen LogP contribution < -0.4 is 10.6 Å². The molecule has 2 rings (SSSR count). The normalized spacial score (nSPS) is 38.0. The third-order valence-electron chi connectivity index (χ3n) is 2.61. The van der Waals surface area contributed by atoms with Gasteiger partial charge in [-0.3, -0.25) is 0 Å². The van der Waals surface area contributed by atoms with E-state index < -0.39 is 9.84 Å². The molecular weight excluding hydrogens is 204 g/mol. The fourth-order valence-corrected chi connectivity index (χ4v) is 3.33. The molecule has 2 atom stereocenters. The molecule has 1 radical (unpaired) electrons. The van der Waals surface area contributed by atoms with Gasteiger partial charge in [0.05, 0.1) is 30.8 Å². The summed E-state index contributed by atoms with van der Waals surface area (Å²) < 4.78 is 28.0. The molecule has 0 aromatic rings. The topological polar surface area (TPSA) is 69.5 Å². The molecule has 81 valence electrons. The molecule has 0 aliphatic carbocycles. The molecule has 14 heavy (non-hydrogen) atoms. The van der Waals surface area contributed by atoms with E-state index in [1.807, 2.05) is 0 Å². The van der Waals surface area contributed by atoms with Crippen molar-refractivity contribution in [3.63, 3.8) is 0 Å². The van der Waals surface area contributed by atoms with Gasteiger partial charge in [-0.25, -0.2) is 13.7 Å². The van der Waals surface area contributed by atoms with Gasteiger partial charge in [-0.2, -0.15) is 0 Å². The SMILES string of the molecule is O=S1(=O)CCNC(C2COCC[N]2)C1. The van der Waals surface area contributed by atoms with Crippen molar-refractivity contribution in [2.24, 2.45) is 0 Å². The molecule has 2 saturated heterocycles. The van der Waals surface area contributed by atoms with E-state index in [2.05, 4.69) is 10.6 Å². The number of rotatable bonds is 1. The van der Waals surface area contributed by atoms with E-state index in [1.165, 1.54) is 0 Å². The Morgan fingerprint density at radius 1 is 1.43 bits per heavy atom. The van der Waals surface area contributed by atoms with Crippen LogP contribution in [0.15, 0.2) is 0 Å². The highest BCUT2D eigenvalue weighted by Gasteiger charge is 2.32. The Bertz CT molecular complexity index is 285. The van der Waals surface area contributed by atoms with E-state index in [9.17, 15) is 8.42 Å². The van der Waals surface area contributed by atoms with Crippen molar-refractivity contribution in [2.45, 2.75) is 12.1 Å². The lowest BCUT2D eigenvalue weighted by Crippen LogP contribution is -2.57. The second-order valence-corrected chi connectivity index (χ2v) is 5.95. The number of ether oxygens (including phenoxy) is 1. The molecule has 2 fully saturated rings. The number of nitrogens with one attached hydrogen (secondary N) is 1. The van der Waals surface area contributed by atoms with Crippen molar-refractivity contribution < 1.29 is 13.2 Å². The molecule has 2 heterocycles. The van der Waals surface area contributed by atoms with E-state index >= 15 is 0 Å². The summed E-state index contributed by atoms with van der Waals surface area (Å²) in [6, 6.07) is -0.0344. The van der Waals surface area contributed by atoms with Crippen molar-refractivity contribution in [2.75, 3.05) is 37.8 Å². The highest BCUT2D eigenvalue weighted by Crippen LogP contribution is 2.08. The Morgan fingerprint density at radius 2 is 2.29 bits per heavy atom. The summed E-state index contributed by atoms with van der Waals surface area (Å²) >= 11 is 0. The number of hydrogen-bond acceptors (Lipinski definition) is 4. The van der Waals surface area contributed by atoms with Crippen LogP contribution in [0.3, 0.4) is 0 Å². The molecule has 2 aliphatic rings. The van der Waals surface area contributed by atoms with Crippen molar-refractivity contribution in [1.29, 1.82) is 0 Å². The molecule has 1 N–H and O–H groups in total. The third kappa shape index (κ3) is 2.44. The first-order chi connectivity index (χ1) is 6.67. The van der Waals surface area contributed by atoms with Crippen LogP contribution in [0, 0.1) is 0 Å². The average Bonchev–Trinajstić information content (AvgIpc) is 2.18. The molecule has 0 bridgehead atoms.